The predicted molar refractivity (Wildman–Crippen MR) is 53.7 cm³/mol. The number of rotatable bonds is 4. The van der Waals surface area contributed by atoms with Gasteiger partial charge in [-0.05, 0) is 6.42 Å². The Balaban J connectivity index is 2.86. The van der Waals surface area contributed by atoms with Crippen LogP contribution >= 0.6 is 0 Å². The molecule has 5 nitrogen and oxygen atoms in total. The maximum absolute atomic E-state index is 8.77. The standard InChI is InChI=1S/C9H18N4O/c1-6(2)8-11-9(13(3)12-8)7(10)4-5-14/h6-7,14H,4-5,10H2,1-3H3. The van der Waals surface area contributed by atoms with Gasteiger partial charge in [0.2, 0.25) is 0 Å². The van der Waals surface area contributed by atoms with Crippen LogP contribution in [0.5, 0.6) is 0 Å². The van der Waals surface area contributed by atoms with Crippen LogP contribution in [-0.4, -0.2) is 26.5 Å². The van der Waals surface area contributed by atoms with E-state index in [0.717, 1.165) is 11.6 Å². The molecule has 0 saturated carbocycles. The maximum Gasteiger partial charge on any atom is 0.153 e. The van der Waals surface area contributed by atoms with E-state index in [1.54, 1.807) is 4.68 Å². The molecule has 80 valence electrons. The topological polar surface area (TPSA) is 77.0 Å². The molecule has 1 heterocycles. The Bertz CT molecular complexity index is 295. The highest BCUT2D eigenvalue weighted by atomic mass is 16.3. The molecule has 1 aromatic rings. The second kappa shape index (κ2) is 4.52. The molecule has 0 aliphatic rings. The summed E-state index contributed by atoms with van der Waals surface area (Å²) in [6.45, 7) is 4.15. The summed E-state index contributed by atoms with van der Waals surface area (Å²) in [7, 11) is 1.82. The summed E-state index contributed by atoms with van der Waals surface area (Å²) in [6.07, 6.45) is 0.518. The van der Waals surface area contributed by atoms with Crippen molar-refractivity contribution in [2.75, 3.05) is 6.61 Å². The van der Waals surface area contributed by atoms with Gasteiger partial charge in [0.25, 0.3) is 0 Å². The third-order valence-corrected chi connectivity index (χ3v) is 2.10. The number of hydrogen-bond donors (Lipinski definition) is 2. The van der Waals surface area contributed by atoms with Crippen molar-refractivity contribution in [3.63, 3.8) is 0 Å². The van der Waals surface area contributed by atoms with Gasteiger partial charge in [-0.2, -0.15) is 5.10 Å². The smallest absolute Gasteiger partial charge is 0.153 e. The van der Waals surface area contributed by atoms with Crippen LogP contribution in [0, 0.1) is 0 Å². The second-order valence-corrected chi connectivity index (χ2v) is 3.73. The zero-order valence-electron chi connectivity index (χ0n) is 8.94. The van der Waals surface area contributed by atoms with E-state index in [9.17, 15) is 0 Å². The molecule has 3 N–H and O–H groups in total. The molecule has 0 amide bonds. The van der Waals surface area contributed by atoms with Crippen molar-refractivity contribution in [2.45, 2.75) is 32.2 Å². The lowest BCUT2D eigenvalue weighted by atomic mass is 10.2. The highest BCUT2D eigenvalue weighted by Crippen LogP contribution is 2.14. The Morgan fingerprint density at radius 2 is 2.14 bits per heavy atom. The summed E-state index contributed by atoms with van der Waals surface area (Å²) < 4.78 is 1.69. The van der Waals surface area contributed by atoms with E-state index in [1.165, 1.54) is 0 Å². The van der Waals surface area contributed by atoms with Crippen molar-refractivity contribution in [2.24, 2.45) is 12.8 Å². The van der Waals surface area contributed by atoms with Crippen molar-refractivity contribution in [1.29, 1.82) is 0 Å². The summed E-state index contributed by atoms with van der Waals surface area (Å²) in [5, 5.41) is 13.0. The van der Waals surface area contributed by atoms with E-state index in [-0.39, 0.29) is 12.6 Å². The van der Waals surface area contributed by atoms with Crippen LogP contribution in [0.1, 0.15) is 43.9 Å². The molecule has 0 fully saturated rings. The summed E-state index contributed by atoms with van der Waals surface area (Å²) in [4.78, 5) is 4.34. The first-order valence-corrected chi connectivity index (χ1v) is 4.83. The summed E-state index contributed by atoms with van der Waals surface area (Å²) in [5.41, 5.74) is 5.84. The number of aliphatic hydroxyl groups is 1. The monoisotopic (exact) mass is 198 g/mol. The first kappa shape index (κ1) is 11.1. The summed E-state index contributed by atoms with van der Waals surface area (Å²) in [6, 6.07) is -0.231. The van der Waals surface area contributed by atoms with Crippen LogP contribution in [0.2, 0.25) is 0 Å². The molecule has 0 spiro atoms. The van der Waals surface area contributed by atoms with Crippen molar-refractivity contribution in [3.05, 3.63) is 11.6 Å². The number of aromatic nitrogens is 3. The molecular weight excluding hydrogens is 180 g/mol. The van der Waals surface area contributed by atoms with E-state index in [4.69, 9.17) is 10.8 Å². The lowest BCUT2D eigenvalue weighted by molar-refractivity contribution is 0.273. The molecule has 0 saturated heterocycles. The fourth-order valence-corrected chi connectivity index (χ4v) is 1.25. The molecule has 0 aliphatic carbocycles. The van der Waals surface area contributed by atoms with Crippen molar-refractivity contribution in [1.82, 2.24) is 14.8 Å². The van der Waals surface area contributed by atoms with Crippen LogP contribution in [0.4, 0.5) is 0 Å². The highest BCUT2D eigenvalue weighted by Gasteiger charge is 2.15. The fraction of sp³-hybridized carbons (Fsp3) is 0.778. The first-order chi connectivity index (χ1) is 6.56. The molecule has 1 rings (SSSR count). The van der Waals surface area contributed by atoms with Crippen molar-refractivity contribution in [3.8, 4) is 0 Å². The molecule has 0 aliphatic heterocycles. The molecule has 1 aromatic heterocycles. The summed E-state index contributed by atoms with van der Waals surface area (Å²) in [5.74, 6) is 1.84. The van der Waals surface area contributed by atoms with Gasteiger partial charge < -0.3 is 10.8 Å². The summed E-state index contributed by atoms with van der Waals surface area (Å²) >= 11 is 0. The van der Waals surface area contributed by atoms with Gasteiger partial charge in [-0.15, -0.1) is 0 Å². The van der Waals surface area contributed by atoms with Gasteiger partial charge in [0, 0.05) is 19.6 Å². The number of nitrogens with two attached hydrogens (primary N) is 1. The lowest BCUT2D eigenvalue weighted by Gasteiger charge is -2.07. The van der Waals surface area contributed by atoms with Gasteiger partial charge >= 0.3 is 0 Å². The van der Waals surface area contributed by atoms with Crippen LogP contribution in [-0.2, 0) is 7.05 Å². The zero-order valence-corrected chi connectivity index (χ0v) is 8.94. The third-order valence-electron chi connectivity index (χ3n) is 2.10. The van der Waals surface area contributed by atoms with Crippen molar-refractivity contribution >= 4 is 0 Å². The SMILES string of the molecule is CC(C)c1nc(C(N)CCO)n(C)n1. The largest absolute Gasteiger partial charge is 0.396 e. The minimum Gasteiger partial charge on any atom is -0.396 e. The van der Waals surface area contributed by atoms with Crippen LogP contribution in [0.25, 0.3) is 0 Å². The first-order valence-electron chi connectivity index (χ1n) is 4.83. The Labute approximate surface area is 83.9 Å². The molecule has 1 unspecified atom stereocenters. The van der Waals surface area contributed by atoms with Gasteiger partial charge in [0.1, 0.15) is 5.82 Å². The highest BCUT2D eigenvalue weighted by molar-refractivity contribution is 5.00. The minimum absolute atomic E-state index is 0.0744. The predicted octanol–water partition coefficient (Wildman–Crippen LogP) is 0.321. The number of aliphatic hydroxyl groups excluding tert-OH is 1. The van der Waals surface area contributed by atoms with Crippen molar-refractivity contribution < 1.29 is 5.11 Å². The van der Waals surface area contributed by atoms with E-state index in [1.807, 2.05) is 20.9 Å². The number of nitrogens with zero attached hydrogens (tertiary/aromatic N) is 3. The van der Waals surface area contributed by atoms with Gasteiger partial charge in [-0.1, -0.05) is 13.8 Å². The molecule has 0 bridgehead atoms. The normalized spacial score (nSPS) is 13.6. The van der Waals surface area contributed by atoms with Crippen LogP contribution in [0.3, 0.4) is 0 Å². The Morgan fingerprint density at radius 1 is 1.50 bits per heavy atom. The molecule has 0 radical (unpaired) electrons. The second-order valence-electron chi connectivity index (χ2n) is 3.73. The third kappa shape index (κ3) is 2.30. The van der Waals surface area contributed by atoms with E-state index in [2.05, 4.69) is 10.1 Å². The zero-order chi connectivity index (χ0) is 10.7. The Hall–Kier alpha value is -0.940. The molecular formula is C9H18N4O. The maximum atomic E-state index is 8.77. The quantitative estimate of drug-likeness (QED) is 0.730. The van der Waals surface area contributed by atoms with Crippen LogP contribution < -0.4 is 5.73 Å². The van der Waals surface area contributed by atoms with Gasteiger partial charge in [-0.3, -0.25) is 4.68 Å². The Morgan fingerprint density at radius 3 is 2.57 bits per heavy atom. The van der Waals surface area contributed by atoms with Gasteiger partial charge in [-0.25, -0.2) is 4.98 Å². The number of hydrogen-bond acceptors (Lipinski definition) is 4. The average Bonchev–Trinajstić information content (AvgIpc) is 2.48. The fourth-order valence-electron chi connectivity index (χ4n) is 1.25. The minimum atomic E-state index is -0.231. The van der Waals surface area contributed by atoms with E-state index >= 15 is 0 Å². The average molecular weight is 198 g/mol. The van der Waals surface area contributed by atoms with Gasteiger partial charge in [0.15, 0.2) is 5.82 Å². The van der Waals surface area contributed by atoms with E-state index < -0.39 is 0 Å². The Kier molecular flexibility index (Phi) is 3.60. The van der Waals surface area contributed by atoms with Crippen LogP contribution in [0.15, 0.2) is 0 Å². The molecule has 14 heavy (non-hydrogen) atoms. The number of aryl methyl sites for hydroxylation is 1. The molecule has 1 atom stereocenters. The lowest BCUT2D eigenvalue weighted by Crippen LogP contribution is -2.17. The van der Waals surface area contributed by atoms with Gasteiger partial charge in [0.05, 0.1) is 6.04 Å². The molecule has 5 heteroatoms. The van der Waals surface area contributed by atoms with E-state index in [0.29, 0.717) is 12.3 Å². The molecule has 0 aromatic carbocycles.